The van der Waals surface area contributed by atoms with Gasteiger partial charge in [-0.3, -0.25) is 4.79 Å². The molecular formula is C20H25BrN2O. The van der Waals surface area contributed by atoms with Crippen LogP contribution >= 0.6 is 15.9 Å². The third-order valence-electron chi connectivity index (χ3n) is 4.00. The lowest BCUT2D eigenvalue weighted by atomic mass is 10.0. The number of benzene rings is 2. The van der Waals surface area contributed by atoms with E-state index in [1.54, 1.807) is 0 Å². The zero-order chi connectivity index (χ0) is 17.2. The number of rotatable bonds is 9. The van der Waals surface area contributed by atoms with Crippen LogP contribution in [0, 0.1) is 0 Å². The highest BCUT2D eigenvalue weighted by Crippen LogP contribution is 2.19. The van der Waals surface area contributed by atoms with Crippen molar-refractivity contribution in [1.82, 2.24) is 10.6 Å². The Labute approximate surface area is 153 Å². The molecule has 3 nitrogen and oxygen atoms in total. The second-order valence-corrected chi connectivity index (χ2v) is 6.75. The summed E-state index contributed by atoms with van der Waals surface area (Å²) >= 11 is 3.45. The Morgan fingerprint density at radius 3 is 2.46 bits per heavy atom. The molecule has 0 aliphatic carbocycles. The maximum absolute atomic E-state index is 12.0. The molecule has 128 valence electrons. The van der Waals surface area contributed by atoms with Gasteiger partial charge in [0.2, 0.25) is 5.91 Å². The molecule has 24 heavy (non-hydrogen) atoms. The highest BCUT2D eigenvalue weighted by molar-refractivity contribution is 9.10. The van der Waals surface area contributed by atoms with Crippen LogP contribution in [-0.4, -0.2) is 19.0 Å². The fourth-order valence-corrected chi connectivity index (χ4v) is 2.90. The molecule has 0 unspecified atom stereocenters. The third kappa shape index (κ3) is 6.46. The van der Waals surface area contributed by atoms with Gasteiger partial charge in [0.1, 0.15) is 0 Å². The summed E-state index contributed by atoms with van der Waals surface area (Å²) in [5, 5.41) is 6.32. The Kier molecular flexibility index (Phi) is 7.99. The van der Waals surface area contributed by atoms with E-state index in [2.05, 4.69) is 57.8 Å². The Hall–Kier alpha value is -1.65. The zero-order valence-corrected chi connectivity index (χ0v) is 15.7. The van der Waals surface area contributed by atoms with Gasteiger partial charge < -0.3 is 10.6 Å². The summed E-state index contributed by atoms with van der Waals surface area (Å²) in [5.41, 5.74) is 2.52. The first kappa shape index (κ1) is 18.7. The molecule has 0 aliphatic heterocycles. The molecule has 0 aromatic heterocycles. The Balaban J connectivity index is 1.67. The molecule has 0 bridgehead atoms. The molecule has 2 rings (SSSR count). The predicted molar refractivity (Wildman–Crippen MR) is 103 cm³/mol. The minimum absolute atomic E-state index is 0.0543. The van der Waals surface area contributed by atoms with Gasteiger partial charge in [-0.15, -0.1) is 0 Å². The van der Waals surface area contributed by atoms with Gasteiger partial charge in [0, 0.05) is 17.1 Å². The number of hydrogen-bond acceptors (Lipinski definition) is 2. The Bertz CT molecular complexity index is 613. The van der Waals surface area contributed by atoms with E-state index in [0.717, 1.165) is 23.7 Å². The molecule has 0 heterocycles. The van der Waals surface area contributed by atoms with Crippen molar-refractivity contribution < 1.29 is 4.79 Å². The van der Waals surface area contributed by atoms with Gasteiger partial charge >= 0.3 is 0 Å². The van der Waals surface area contributed by atoms with Crippen molar-refractivity contribution in [1.29, 1.82) is 0 Å². The monoisotopic (exact) mass is 388 g/mol. The second kappa shape index (κ2) is 10.3. The molecule has 4 heteroatoms. The number of aryl methyl sites for hydroxylation is 1. The van der Waals surface area contributed by atoms with Crippen LogP contribution in [0.15, 0.2) is 59.1 Å². The number of amides is 1. The van der Waals surface area contributed by atoms with Gasteiger partial charge in [0.15, 0.2) is 0 Å². The highest BCUT2D eigenvalue weighted by atomic mass is 79.9. The number of carbonyl (C=O) groups is 1. The average Bonchev–Trinajstić information content (AvgIpc) is 2.61. The number of hydrogen-bond donors (Lipinski definition) is 2. The summed E-state index contributed by atoms with van der Waals surface area (Å²) in [7, 11) is 0. The van der Waals surface area contributed by atoms with Crippen LogP contribution in [0.2, 0.25) is 0 Å². The summed E-state index contributed by atoms with van der Waals surface area (Å²) in [6.07, 6.45) is 2.90. The fraction of sp³-hybridized carbons (Fsp3) is 0.350. The lowest BCUT2D eigenvalue weighted by Gasteiger charge is -2.17. The average molecular weight is 389 g/mol. The van der Waals surface area contributed by atoms with Gasteiger partial charge in [-0.25, -0.2) is 0 Å². The quantitative estimate of drug-likeness (QED) is 0.630. The van der Waals surface area contributed by atoms with Crippen LogP contribution in [0.5, 0.6) is 0 Å². The molecule has 2 N–H and O–H groups in total. The summed E-state index contributed by atoms with van der Waals surface area (Å²) < 4.78 is 1.07. The molecule has 0 aliphatic rings. The van der Waals surface area contributed by atoms with Crippen LogP contribution in [0.25, 0.3) is 0 Å². The van der Waals surface area contributed by atoms with E-state index in [1.165, 1.54) is 11.1 Å². The molecule has 0 radical (unpaired) electrons. The zero-order valence-electron chi connectivity index (χ0n) is 14.1. The standard InChI is InChI=1S/C20H25BrN2O/c1-2-19(17-10-12-18(21)13-11-17)23-15-20(24)22-14-6-9-16-7-4-3-5-8-16/h3-5,7-8,10-13,19,23H,2,6,9,14-15H2,1H3,(H,22,24)/t19-/m1/s1. The molecule has 2 aromatic rings. The Morgan fingerprint density at radius 2 is 1.79 bits per heavy atom. The highest BCUT2D eigenvalue weighted by Gasteiger charge is 2.10. The van der Waals surface area contributed by atoms with E-state index >= 15 is 0 Å². The third-order valence-corrected chi connectivity index (χ3v) is 4.53. The van der Waals surface area contributed by atoms with E-state index in [1.807, 2.05) is 30.3 Å². The first-order chi connectivity index (χ1) is 11.7. The molecule has 0 saturated carbocycles. The maximum atomic E-state index is 12.0. The minimum atomic E-state index is 0.0543. The largest absolute Gasteiger partial charge is 0.355 e. The van der Waals surface area contributed by atoms with Gasteiger partial charge in [-0.2, -0.15) is 0 Å². The fourth-order valence-electron chi connectivity index (χ4n) is 2.64. The van der Waals surface area contributed by atoms with Crippen molar-refractivity contribution in [2.45, 2.75) is 32.2 Å². The SMILES string of the molecule is CC[C@@H](NCC(=O)NCCCc1ccccc1)c1ccc(Br)cc1. The molecule has 1 amide bonds. The van der Waals surface area contributed by atoms with E-state index in [0.29, 0.717) is 13.1 Å². The normalized spacial score (nSPS) is 11.9. The smallest absolute Gasteiger partial charge is 0.233 e. The van der Waals surface area contributed by atoms with Gasteiger partial charge in [-0.1, -0.05) is 65.3 Å². The predicted octanol–water partition coefficient (Wildman–Crippen LogP) is 4.24. The van der Waals surface area contributed by atoms with Crippen LogP contribution < -0.4 is 10.6 Å². The van der Waals surface area contributed by atoms with E-state index in [4.69, 9.17) is 0 Å². The summed E-state index contributed by atoms with van der Waals surface area (Å²) in [6, 6.07) is 18.8. The van der Waals surface area contributed by atoms with Crippen molar-refractivity contribution in [3.8, 4) is 0 Å². The van der Waals surface area contributed by atoms with E-state index in [9.17, 15) is 4.79 Å². The summed E-state index contributed by atoms with van der Waals surface area (Å²) in [5.74, 6) is 0.0543. The molecule has 0 saturated heterocycles. The maximum Gasteiger partial charge on any atom is 0.233 e. The van der Waals surface area contributed by atoms with Crippen molar-refractivity contribution in [3.63, 3.8) is 0 Å². The Morgan fingerprint density at radius 1 is 1.08 bits per heavy atom. The van der Waals surface area contributed by atoms with Crippen LogP contribution in [0.3, 0.4) is 0 Å². The van der Waals surface area contributed by atoms with Crippen LogP contribution in [0.4, 0.5) is 0 Å². The van der Waals surface area contributed by atoms with Crippen molar-refractivity contribution >= 4 is 21.8 Å². The van der Waals surface area contributed by atoms with Crippen molar-refractivity contribution in [2.24, 2.45) is 0 Å². The number of halogens is 1. The topological polar surface area (TPSA) is 41.1 Å². The van der Waals surface area contributed by atoms with Crippen molar-refractivity contribution in [3.05, 3.63) is 70.2 Å². The molecule has 1 atom stereocenters. The van der Waals surface area contributed by atoms with Gasteiger partial charge in [-0.05, 0) is 42.5 Å². The summed E-state index contributed by atoms with van der Waals surface area (Å²) in [6.45, 7) is 3.18. The number of nitrogens with one attached hydrogen (secondary N) is 2. The molecule has 0 fully saturated rings. The van der Waals surface area contributed by atoms with Crippen LogP contribution in [0.1, 0.15) is 36.9 Å². The van der Waals surface area contributed by atoms with Gasteiger partial charge in [0.25, 0.3) is 0 Å². The number of carbonyl (C=O) groups excluding carboxylic acids is 1. The van der Waals surface area contributed by atoms with E-state index < -0.39 is 0 Å². The van der Waals surface area contributed by atoms with E-state index in [-0.39, 0.29) is 11.9 Å². The molecular weight excluding hydrogens is 364 g/mol. The lowest BCUT2D eigenvalue weighted by Crippen LogP contribution is -2.36. The lowest BCUT2D eigenvalue weighted by molar-refractivity contribution is -0.120. The van der Waals surface area contributed by atoms with Gasteiger partial charge in [0.05, 0.1) is 6.54 Å². The first-order valence-electron chi connectivity index (χ1n) is 8.48. The molecule has 0 spiro atoms. The van der Waals surface area contributed by atoms with Crippen LogP contribution in [-0.2, 0) is 11.2 Å². The second-order valence-electron chi connectivity index (χ2n) is 5.83. The minimum Gasteiger partial charge on any atom is -0.355 e. The molecule has 2 aromatic carbocycles. The summed E-state index contributed by atoms with van der Waals surface area (Å²) in [4.78, 5) is 12.0. The van der Waals surface area contributed by atoms with Crippen molar-refractivity contribution in [2.75, 3.05) is 13.1 Å². The first-order valence-corrected chi connectivity index (χ1v) is 9.28.